The standard InChI is InChI=1S/C14H21FN2O/c1-9(16)14-11(15)5-4-6-13(14)17(3)12-7-8-18-10(12)2/h4-6,9-10,12H,7-8,16H2,1-3H3/t9-,10?,12?/m1/s1. The van der Waals surface area contributed by atoms with Crippen molar-refractivity contribution < 1.29 is 9.13 Å². The molecule has 0 saturated carbocycles. The molecule has 100 valence electrons. The Morgan fingerprint density at radius 1 is 1.50 bits per heavy atom. The summed E-state index contributed by atoms with van der Waals surface area (Å²) in [5.74, 6) is -0.235. The highest BCUT2D eigenvalue weighted by molar-refractivity contribution is 5.56. The molecule has 1 aliphatic rings. The fourth-order valence-corrected chi connectivity index (χ4v) is 2.69. The molecule has 0 radical (unpaired) electrons. The molecule has 2 N–H and O–H groups in total. The van der Waals surface area contributed by atoms with E-state index in [2.05, 4.69) is 11.8 Å². The Morgan fingerprint density at radius 3 is 2.78 bits per heavy atom. The van der Waals surface area contributed by atoms with Crippen molar-refractivity contribution in [3.8, 4) is 0 Å². The van der Waals surface area contributed by atoms with Crippen molar-refractivity contribution in [2.24, 2.45) is 5.73 Å². The van der Waals surface area contributed by atoms with E-state index in [4.69, 9.17) is 10.5 Å². The van der Waals surface area contributed by atoms with Gasteiger partial charge in [-0.15, -0.1) is 0 Å². The number of benzene rings is 1. The van der Waals surface area contributed by atoms with Gasteiger partial charge in [-0.05, 0) is 32.4 Å². The molecular formula is C14H21FN2O. The summed E-state index contributed by atoms with van der Waals surface area (Å²) < 4.78 is 19.5. The van der Waals surface area contributed by atoms with E-state index in [0.717, 1.165) is 18.7 Å². The fraction of sp³-hybridized carbons (Fsp3) is 0.571. The summed E-state index contributed by atoms with van der Waals surface area (Å²) in [5.41, 5.74) is 7.34. The van der Waals surface area contributed by atoms with Gasteiger partial charge in [0.05, 0.1) is 12.1 Å². The van der Waals surface area contributed by atoms with E-state index in [1.165, 1.54) is 6.07 Å². The molecule has 1 aromatic carbocycles. The zero-order chi connectivity index (χ0) is 13.3. The third kappa shape index (κ3) is 2.35. The molecule has 3 atom stereocenters. The van der Waals surface area contributed by atoms with Gasteiger partial charge >= 0.3 is 0 Å². The molecule has 1 heterocycles. The van der Waals surface area contributed by atoms with Crippen LogP contribution in [0.25, 0.3) is 0 Å². The van der Waals surface area contributed by atoms with Crippen molar-refractivity contribution in [1.29, 1.82) is 0 Å². The minimum atomic E-state index is -0.318. The maximum atomic E-state index is 13.9. The summed E-state index contributed by atoms with van der Waals surface area (Å²) in [5, 5.41) is 0. The minimum absolute atomic E-state index is 0.166. The van der Waals surface area contributed by atoms with Crippen LogP contribution in [0.1, 0.15) is 31.9 Å². The first-order valence-corrected chi connectivity index (χ1v) is 6.40. The van der Waals surface area contributed by atoms with Crippen molar-refractivity contribution in [1.82, 2.24) is 0 Å². The molecular weight excluding hydrogens is 231 g/mol. The summed E-state index contributed by atoms with van der Waals surface area (Å²) >= 11 is 0. The number of ether oxygens (including phenoxy) is 1. The molecule has 1 aromatic rings. The van der Waals surface area contributed by atoms with E-state index in [0.29, 0.717) is 5.56 Å². The lowest BCUT2D eigenvalue weighted by Gasteiger charge is -2.31. The lowest BCUT2D eigenvalue weighted by molar-refractivity contribution is 0.118. The third-order valence-corrected chi connectivity index (χ3v) is 3.70. The largest absolute Gasteiger partial charge is 0.376 e. The first-order chi connectivity index (χ1) is 8.52. The van der Waals surface area contributed by atoms with Gasteiger partial charge in [-0.3, -0.25) is 0 Å². The van der Waals surface area contributed by atoms with Crippen LogP contribution in [0.15, 0.2) is 18.2 Å². The van der Waals surface area contributed by atoms with Gasteiger partial charge in [0.25, 0.3) is 0 Å². The monoisotopic (exact) mass is 252 g/mol. The van der Waals surface area contributed by atoms with Gasteiger partial charge < -0.3 is 15.4 Å². The highest BCUT2D eigenvalue weighted by atomic mass is 19.1. The number of hydrogen-bond donors (Lipinski definition) is 1. The lowest BCUT2D eigenvalue weighted by atomic mass is 10.0. The predicted octanol–water partition coefficient (Wildman–Crippen LogP) is 2.46. The van der Waals surface area contributed by atoms with E-state index in [9.17, 15) is 4.39 Å². The molecule has 18 heavy (non-hydrogen) atoms. The molecule has 0 bridgehead atoms. The second kappa shape index (κ2) is 5.24. The van der Waals surface area contributed by atoms with Crippen LogP contribution in [0.4, 0.5) is 10.1 Å². The Kier molecular flexibility index (Phi) is 3.88. The third-order valence-electron chi connectivity index (χ3n) is 3.70. The summed E-state index contributed by atoms with van der Waals surface area (Å²) in [4.78, 5) is 2.10. The smallest absolute Gasteiger partial charge is 0.130 e. The second-order valence-electron chi connectivity index (χ2n) is 5.00. The van der Waals surface area contributed by atoms with E-state index < -0.39 is 0 Å². The molecule has 2 rings (SSSR count). The molecule has 1 fully saturated rings. The molecule has 0 spiro atoms. The molecule has 4 heteroatoms. The maximum Gasteiger partial charge on any atom is 0.130 e. The zero-order valence-electron chi connectivity index (χ0n) is 11.2. The lowest BCUT2D eigenvalue weighted by Crippen LogP contribution is -2.37. The van der Waals surface area contributed by atoms with Crippen LogP contribution in [0.3, 0.4) is 0 Å². The molecule has 0 amide bonds. The average Bonchev–Trinajstić information content (AvgIpc) is 2.73. The molecule has 1 aliphatic heterocycles. The van der Waals surface area contributed by atoms with Gasteiger partial charge in [-0.25, -0.2) is 4.39 Å². The minimum Gasteiger partial charge on any atom is -0.376 e. The van der Waals surface area contributed by atoms with Gasteiger partial charge in [0.1, 0.15) is 5.82 Å². The molecule has 0 aromatic heterocycles. The zero-order valence-corrected chi connectivity index (χ0v) is 11.2. The SMILES string of the molecule is CC1OCCC1N(C)c1cccc(F)c1[C@@H](C)N. The highest BCUT2D eigenvalue weighted by Gasteiger charge is 2.29. The van der Waals surface area contributed by atoms with Crippen molar-refractivity contribution >= 4 is 5.69 Å². The number of nitrogens with two attached hydrogens (primary N) is 1. The van der Waals surface area contributed by atoms with Gasteiger partial charge in [-0.2, -0.15) is 0 Å². The summed E-state index contributed by atoms with van der Waals surface area (Å²) in [6, 6.07) is 5.08. The van der Waals surface area contributed by atoms with Gasteiger partial charge in [0, 0.05) is 30.9 Å². The van der Waals surface area contributed by atoms with Crippen LogP contribution in [-0.2, 0) is 4.74 Å². The number of nitrogens with zero attached hydrogens (tertiary/aromatic N) is 1. The van der Waals surface area contributed by atoms with Crippen molar-refractivity contribution in [3.63, 3.8) is 0 Å². The Labute approximate surface area is 108 Å². The summed E-state index contributed by atoms with van der Waals surface area (Å²) in [6.07, 6.45) is 1.13. The van der Waals surface area contributed by atoms with Crippen LogP contribution in [0, 0.1) is 5.82 Å². The van der Waals surface area contributed by atoms with Gasteiger partial charge in [0.2, 0.25) is 0 Å². The quantitative estimate of drug-likeness (QED) is 0.898. The van der Waals surface area contributed by atoms with Crippen LogP contribution in [-0.4, -0.2) is 25.8 Å². The van der Waals surface area contributed by atoms with Crippen molar-refractivity contribution in [3.05, 3.63) is 29.6 Å². The van der Waals surface area contributed by atoms with Crippen molar-refractivity contribution in [2.45, 2.75) is 38.5 Å². The van der Waals surface area contributed by atoms with E-state index >= 15 is 0 Å². The Morgan fingerprint density at radius 2 is 2.22 bits per heavy atom. The predicted molar refractivity (Wildman–Crippen MR) is 71.2 cm³/mol. The molecule has 1 saturated heterocycles. The van der Waals surface area contributed by atoms with E-state index in [1.807, 2.05) is 20.0 Å². The first-order valence-electron chi connectivity index (χ1n) is 6.40. The maximum absolute atomic E-state index is 13.9. The van der Waals surface area contributed by atoms with Crippen LogP contribution in [0.5, 0.6) is 0 Å². The number of likely N-dealkylation sites (N-methyl/N-ethyl adjacent to an activating group) is 1. The Balaban J connectivity index is 2.35. The summed E-state index contributed by atoms with van der Waals surface area (Å²) in [6.45, 7) is 4.63. The van der Waals surface area contributed by atoms with Crippen LogP contribution < -0.4 is 10.6 Å². The first kappa shape index (κ1) is 13.3. The van der Waals surface area contributed by atoms with E-state index in [1.54, 1.807) is 6.07 Å². The number of halogens is 1. The molecule has 0 aliphatic carbocycles. The number of rotatable bonds is 3. The normalized spacial score (nSPS) is 25.2. The molecule has 3 nitrogen and oxygen atoms in total. The van der Waals surface area contributed by atoms with Crippen LogP contribution in [0.2, 0.25) is 0 Å². The Bertz CT molecular complexity index is 422. The van der Waals surface area contributed by atoms with Crippen LogP contribution >= 0.6 is 0 Å². The topological polar surface area (TPSA) is 38.5 Å². The van der Waals surface area contributed by atoms with Crippen molar-refractivity contribution in [2.75, 3.05) is 18.6 Å². The number of anilines is 1. The van der Waals surface area contributed by atoms with Gasteiger partial charge in [-0.1, -0.05) is 6.07 Å². The molecule has 2 unspecified atom stereocenters. The highest BCUT2D eigenvalue weighted by Crippen LogP contribution is 2.31. The van der Waals surface area contributed by atoms with E-state index in [-0.39, 0.29) is 24.0 Å². The number of hydrogen-bond acceptors (Lipinski definition) is 3. The Hall–Kier alpha value is -1.13. The fourth-order valence-electron chi connectivity index (χ4n) is 2.69. The van der Waals surface area contributed by atoms with Gasteiger partial charge in [0.15, 0.2) is 0 Å². The second-order valence-corrected chi connectivity index (χ2v) is 5.00. The summed E-state index contributed by atoms with van der Waals surface area (Å²) in [7, 11) is 1.98. The average molecular weight is 252 g/mol.